The van der Waals surface area contributed by atoms with Crippen molar-refractivity contribution in [3.63, 3.8) is 0 Å². The standard InChI is InChI=1S/C17H18N2O5/c1-11-7-14(8-16(20)23-11)24-13-5-6-19(10-13)17(21)12-3-4-15(22-2)18-9-12/h3-4,7-9,13H,5-6,10H2,1-2H3. The molecule has 0 saturated carbocycles. The van der Waals surface area contributed by atoms with Crippen LogP contribution in [0.5, 0.6) is 11.6 Å². The van der Waals surface area contributed by atoms with Crippen molar-refractivity contribution < 1.29 is 18.7 Å². The van der Waals surface area contributed by atoms with E-state index in [2.05, 4.69) is 4.98 Å². The molecule has 0 N–H and O–H groups in total. The Bertz CT molecular complexity index is 784. The summed E-state index contributed by atoms with van der Waals surface area (Å²) in [7, 11) is 1.53. The molecule has 2 aromatic heterocycles. The van der Waals surface area contributed by atoms with Gasteiger partial charge in [0.1, 0.15) is 17.6 Å². The average Bonchev–Trinajstić information content (AvgIpc) is 3.01. The first kappa shape index (κ1) is 16.0. The smallest absolute Gasteiger partial charge is 0.339 e. The Labute approximate surface area is 138 Å². The van der Waals surface area contributed by atoms with Gasteiger partial charge in [-0.1, -0.05) is 0 Å². The minimum Gasteiger partial charge on any atom is -0.488 e. The Kier molecular flexibility index (Phi) is 4.50. The van der Waals surface area contributed by atoms with Gasteiger partial charge in [0.15, 0.2) is 0 Å². The van der Waals surface area contributed by atoms with Crippen LogP contribution in [-0.4, -0.2) is 42.1 Å². The highest BCUT2D eigenvalue weighted by Gasteiger charge is 2.28. The van der Waals surface area contributed by atoms with Crippen LogP contribution >= 0.6 is 0 Å². The summed E-state index contributed by atoms with van der Waals surface area (Å²) in [5, 5.41) is 0. The summed E-state index contributed by atoms with van der Waals surface area (Å²) < 4.78 is 15.7. The number of pyridine rings is 1. The number of hydrogen-bond donors (Lipinski definition) is 0. The van der Waals surface area contributed by atoms with E-state index in [9.17, 15) is 9.59 Å². The Morgan fingerprint density at radius 1 is 1.38 bits per heavy atom. The first-order valence-corrected chi connectivity index (χ1v) is 7.63. The topological polar surface area (TPSA) is 81.9 Å². The summed E-state index contributed by atoms with van der Waals surface area (Å²) in [5.41, 5.74) is 0.0629. The predicted octanol–water partition coefficient (Wildman–Crippen LogP) is 1.65. The summed E-state index contributed by atoms with van der Waals surface area (Å²) in [6.07, 6.45) is 2.05. The zero-order valence-corrected chi connectivity index (χ0v) is 13.5. The van der Waals surface area contributed by atoms with Crippen LogP contribution in [0.3, 0.4) is 0 Å². The number of ether oxygens (including phenoxy) is 2. The van der Waals surface area contributed by atoms with Crippen molar-refractivity contribution in [1.82, 2.24) is 9.88 Å². The fraction of sp³-hybridized carbons (Fsp3) is 0.353. The van der Waals surface area contributed by atoms with Crippen LogP contribution < -0.4 is 15.1 Å². The molecule has 0 aromatic carbocycles. The lowest BCUT2D eigenvalue weighted by Gasteiger charge is -2.17. The van der Waals surface area contributed by atoms with Crippen molar-refractivity contribution in [1.29, 1.82) is 0 Å². The normalized spacial score (nSPS) is 16.9. The highest BCUT2D eigenvalue weighted by Crippen LogP contribution is 2.20. The number of hydrogen-bond acceptors (Lipinski definition) is 6. The molecule has 1 aliphatic rings. The molecule has 3 rings (SSSR count). The van der Waals surface area contributed by atoms with E-state index in [0.717, 1.165) is 0 Å². The van der Waals surface area contributed by atoms with Gasteiger partial charge >= 0.3 is 5.63 Å². The van der Waals surface area contributed by atoms with E-state index in [1.807, 2.05) is 0 Å². The minimum absolute atomic E-state index is 0.0972. The minimum atomic E-state index is -0.444. The van der Waals surface area contributed by atoms with Gasteiger partial charge in [-0.25, -0.2) is 9.78 Å². The third-order valence-electron chi connectivity index (χ3n) is 3.79. The molecule has 1 unspecified atom stereocenters. The lowest BCUT2D eigenvalue weighted by atomic mass is 10.2. The van der Waals surface area contributed by atoms with Crippen LogP contribution in [0.2, 0.25) is 0 Å². The third-order valence-corrected chi connectivity index (χ3v) is 3.79. The van der Waals surface area contributed by atoms with E-state index in [-0.39, 0.29) is 12.0 Å². The number of likely N-dealkylation sites (tertiary alicyclic amines) is 1. The first-order valence-electron chi connectivity index (χ1n) is 7.63. The molecule has 2 aromatic rings. The summed E-state index contributed by atoms with van der Waals surface area (Å²) in [6, 6.07) is 6.32. The van der Waals surface area contributed by atoms with Crippen LogP contribution in [-0.2, 0) is 0 Å². The molecule has 1 fully saturated rings. The number of rotatable bonds is 4. The van der Waals surface area contributed by atoms with Crippen molar-refractivity contribution in [3.8, 4) is 11.6 Å². The van der Waals surface area contributed by atoms with Crippen molar-refractivity contribution in [2.45, 2.75) is 19.4 Å². The first-order chi connectivity index (χ1) is 11.5. The van der Waals surface area contributed by atoms with Crippen molar-refractivity contribution in [2.75, 3.05) is 20.2 Å². The van der Waals surface area contributed by atoms with E-state index in [1.54, 1.807) is 30.0 Å². The van der Waals surface area contributed by atoms with Crippen LogP contribution in [0.15, 0.2) is 39.7 Å². The highest BCUT2D eigenvalue weighted by molar-refractivity contribution is 5.94. The molecule has 24 heavy (non-hydrogen) atoms. The summed E-state index contributed by atoms with van der Waals surface area (Å²) in [6.45, 7) is 2.75. The summed E-state index contributed by atoms with van der Waals surface area (Å²) in [4.78, 5) is 29.6. The quantitative estimate of drug-likeness (QED) is 0.848. The molecule has 1 aliphatic heterocycles. The van der Waals surface area contributed by atoms with E-state index in [0.29, 0.717) is 42.5 Å². The molecule has 7 nitrogen and oxygen atoms in total. The molecular formula is C17H18N2O5. The van der Waals surface area contributed by atoms with Gasteiger partial charge in [-0.2, -0.15) is 0 Å². The number of carbonyl (C=O) groups excluding carboxylic acids is 1. The molecule has 7 heteroatoms. The number of amides is 1. The van der Waals surface area contributed by atoms with Crippen molar-refractivity contribution >= 4 is 5.91 Å². The maximum atomic E-state index is 12.5. The van der Waals surface area contributed by atoms with E-state index in [4.69, 9.17) is 13.9 Å². The second kappa shape index (κ2) is 6.74. The molecule has 0 spiro atoms. The Morgan fingerprint density at radius 2 is 2.21 bits per heavy atom. The van der Waals surface area contributed by atoms with Gasteiger partial charge in [-0.15, -0.1) is 0 Å². The van der Waals surface area contributed by atoms with Gasteiger partial charge in [-0.05, 0) is 13.0 Å². The fourth-order valence-electron chi connectivity index (χ4n) is 2.66. The Balaban J connectivity index is 1.63. The summed E-state index contributed by atoms with van der Waals surface area (Å²) >= 11 is 0. The SMILES string of the molecule is COc1ccc(C(=O)N2CCC(Oc3cc(C)oc(=O)c3)C2)cn1. The summed E-state index contributed by atoms with van der Waals surface area (Å²) in [5.74, 6) is 1.33. The maximum absolute atomic E-state index is 12.5. The zero-order chi connectivity index (χ0) is 17.1. The number of methoxy groups -OCH3 is 1. The largest absolute Gasteiger partial charge is 0.488 e. The van der Waals surface area contributed by atoms with Gasteiger partial charge in [0.25, 0.3) is 5.91 Å². The van der Waals surface area contributed by atoms with E-state index in [1.165, 1.54) is 19.4 Å². The second-order valence-electron chi connectivity index (χ2n) is 5.59. The molecular weight excluding hydrogens is 312 g/mol. The number of aromatic nitrogens is 1. The van der Waals surface area contributed by atoms with Gasteiger partial charge in [0, 0.05) is 31.3 Å². The lowest BCUT2D eigenvalue weighted by Crippen LogP contribution is -2.31. The maximum Gasteiger partial charge on any atom is 0.339 e. The molecule has 1 atom stereocenters. The van der Waals surface area contributed by atoms with E-state index < -0.39 is 5.63 Å². The molecule has 3 heterocycles. The molecule has 126 valence electrons. The number of aryl methyl sites for hydroxylation is 1. The Hall–Kier alpha value is -2.83. The molecule has 1 amide bonds. The van der Waals surface area contributed by atoms with Crippen LogP contribution in [0, 0.1) is 6.92 Å². The monoisotopic (exact) mass is 330 g/mol. The number of nitrogens with zero attached hydrogens (tertiary/aromatic N) is 2. The molecule has 0 aliphatic carbocycles. The van der Waals surface area contributed by atoms with Gasteiger partial charge in [-0.3, -0.25) is 4.79 Å². The molecule has 1 saturated heterocycles. The predicted molar refractivity (Wildman–Crippen MR) is 85.4 cm³/mol. The molecule has 0 bridgehead atoms. The Morgan fingerprint density at radius 3 is 2.88 bits per heavy atom. The zero-order valence-electron chi connectivity index (χ0n) is 13.5. The van der Waals surface area contributed by atoms with Crippen molar-refractivity contribution in [3.05, 3.63) is 52.2 Å². The van der Waals surface area contributed by atoms with Gasteiger partial charge in [0.05, 0.1) is 25.3 Å². The van der Waals surface area contributed by atoms with Gasteiger partial charge < -0.3 is 18.8 Å². The van der Waals surface area contributed by atoms with Crippen LogP contribution in [0.4, 0.5) is 0 Å². The van der Waals surface area contributed by atoms with Crippen LogP contribution in [0.1, 0.15) is 22.5 Å². The van der Waals surface area contributed by atoms with E-state index >= 15 is 0 Å². The number of carbonyl (C=O) groups is 1. The molecule has 0 radical (unpaired) electrons. The average molecular weight is 330 g/mol. The van der Waals surface area contributed by atoms with Gasteiger partial charge in [0.2, 0.25) is 5.88 Å². The second-order valence-corrected chi connectivity index (χ2v) is 5.59. The van der Waals surface area contributed by atoms with Crippen molar-refractivity contribution in [2.24, 2.45) is 0 Å². The highest BCUT2D eigenvalue weighted by atomic mass is 16.5. The third kappa shape index (κ3) is 3.56. The lowest BCUT2D eigenvalue weighted by molar-refractivity contribution is 0.0771. The fourth-order valence-corrected chi connectivity index (χ4v) is 2.66. The van der Waals surface area contributed by atoms with Crippen LogP contribution in [0.25, 0.3) is 0 Å².